The molecule has 1 heterocycles. The molecule has 0 saturated carbocycles. The van der Waals surface area contributed by atoms with Crippen LogP contribution in [-0.2, 0) is 18.4 Å². The minimum absolute atomic E-state index is 0.146. The Labute approximate surface area is 194 Å². The molecule has 3 rings (SSSR count). The topological polar surface area (TPSA) is 63.6 Å². The molecule has 6 nitrogen and oxygen atoms in total. The first-order valence-corrected chi connectivity index (χ1v) is 10.9. The second-order valence-electron chi connectivity index (χ2n) is 9.05. The van der Waals surface area contributed by atoms with E-state index in [2.05, 4.69) is 24.1 Å². The van der Waals surface area contributed by atoms with Crippen molar-refractivity contribution in [3.63, 3.8) is 0 Å². The lowest BCUT2D eigenvalue weighted by Crippen LogP contribution is -2.42. The van der Waals surface area contributed by atoms with Crippen LogP contribution in [0.25, 0.3) is 10.9 Å². The van der Waals surface area contributed by atoms with E-state index >= 15 is 0 Å². The van der Waals surface area contributed by atoms with Gasteiger partial charge in [-0.2, -0.15) is 0 Å². The number of amides is 1. The predicted octanol–water partition coefficient (Wildman–Crippen LogP) is 4.30. The highest BCUT2D eigenvalue weighted by Gasteiger charge is 2.28. The molecule has 0 aliphatic heterocycles. The first-order chi connectivity index (χ1) is 15.1. The maximum atomic E-state index is 13.3. The zero-order valence-corrected chi connectivity index (χ0v) is 20.0. The van der Waals surface area contributed by atoms with Gasteiger partial charge in [0.05, 0.1) is 11.3 Å². The molecule has 2 aromatic carbocycles. The predicted molar refractivity (Wildman–Crippen MR) is 128 cm³/mol. The van der Waals surface area contributed by atoms with Crippen molar-refractivity contribution in [1.82, 2.24) is 14.8 Å². The number of nitrogens with zero attached hydrogens (tertiary/aromatic N) is 2. The second kappa shape index (κ2) is 9.76. The Morgan fingerprint density at radius 1 is 1.09 bits per heavy atom. The van der Waals surface area contributed by atoms with Crippen LogP contribution in [0, 0.1) is 5.41 Å². The molecule has 0 radical (unpaired) electrons. The van der Waals surface area contributed by atoms with Crippen LogP contribution in [0.4, 0.5) is 0 Å². The average Bonchev–Trinajstić information content (AvgIpc) is 3.02. The summed E-state index contributed by atoms with van der Waals surface area (Å²) < 4.78 is 7.82. The summed E-state index contributed by atoms with van der Waals surface area (Å²) in [7, 11) is 5.84. The summed E-state index contributed by atoms with van der Waals surface area (Å²) in [4.78, 5) is 28.2. The fourth-order valence-electron chi connectivity index (χ4n) is 3.98. The van der Waals surface area contributed by atoms with E-state index in [9.17, 15) is 9.59 Å². The number of halogens is 1. The van der Waals surface area contributed by atoms with E-state index in [4.69, 9.17) is 16.3 Å². The third kappa shape index (κ3) is 5.50. The number of carbonyl (C=O) groups excluding carboxylic acids is 2. The number of aromatic nitrogens is 1. The van der Waals surface area contributed by atoms with Crippen molar-refractivity contribution in [3.05, 3.63) is 64.8 Å². The van der Waals surface area contributed by atoms with Crippen molar-refractivity contribution in [2.24, 2.45) is 12.5 Å². The molecule has 0 fully saturated rings. The minimum atomic E-state index is -0.610. The van der Waals surface area contributed by atoms with Crippen molar-refractivity contribution >= 4 is 34.2 Å². The van der Waals surface area contributed by atoms with E-state index in [1.165, 1.54) is 0 Å². The summed E-state index contributed by atoms with van der Waals surface area (Å²) in [6.45, 7) is 5.45. The number of rotatable bonds is 9. The van der Waals surface area contributed by atoms with Gasteiger partial charge in [0.1, 0.15) is 12.4 Å². The molecule has 32 heavy (non-hydrogen) atoms. The van der Waals surface area contributed by atoms with Crippen LogP contribution in [-0.4, -0.2) is 48.3 Å². The Kier molecular flexibility index (Phi) is 7.26. The van der Waals surface area contributed by atoms with Crippen LogP contribution in [0.2, 0.25) is 5.02 Å². The van der Waals surface area contributed by atoms with Gasteiger partial charge >= 0.3 is 0 Å². The van der Waals surface area contributed by atoms with Gasteiger partial charge in [-0.1, -0.05) is 43.6 Å². The molecular formula is C25H30ClN3O3. The molecule has 0 aliphatic rings. The van der Waals surface area contributed by atoms with Gasteiger partial charge < -0.3 is 19.5 Å². The summed E-state index contributed by atoms with van der Waals surface area (Å²) in [5.74, 6) is -0.536. The number of hydrogen-bond acceptors (Lipinski definition) is 4. The minimum Gasteiger partial charge on any atom is -0.487 e. The van der Waals surface area contributed by atoms with Gasteiger partial charge in [0.25, 0.3) is 11.7 Å². The van der Waals surface area contributed by atoms with Crippen LogP contribution < -0.4 is 10.1 Å². The molecule has 1 N–H and O–H groups in total. The lowest BCUT2D eigenvalue weighted by atomic mass is 9.92. The number of Topliss-reactive ketones (excluding diaryl/α,β-unsaturated/α-hetero) is 1. The number of para-hydroxylation sites is 1. The van der Waals surface area contributed by atoms with Gasteiger partial charge in [-0.3, -0.25) is 9.59 Å². The van der Waals surface area contributed by atoms with Crippen molar-refractivity contribution in [1.29, 1.82) is 0 Å². The summed E-state index contributed by atoms with van der Waals surface area (Å²) >= 11 is 5.95. The van der Waals surface area contributed by atoms with E-state index in [1.54, 1.807) is 24.3 Å². The number of ether oxygens (including phenoxy) is 1. The quantitative estimate of drug-likeness (QED) is 0.386. The average molecular weight is 456 g/mol. The van der Waals surface area contributed by atoms with Crippen LogP contribution in [0.15, 0.2) is 48.5 Å². The fraction of sp³-hybridized carbons (Fsp3) is 0.360. The van der Waals surface area contributed by atoms with Crippen molar-refractivity contribution < 1.29 is 14.3 Å². The monoisotopic (exact) mass is 455 g/mol. The Balaban J connectivity index is 1.87. The molecule has 7 heteroatoms. The van der Waals surface area contributed by atoms with E-state index < -0.39 is 11.7 Å². The first kappa shape index (κ1) is 23.8. The Bertz CT molecular complexity index is 1120. The summed E-state index contributed by atoms with van der Waals surface area (Å²) in [5, 5.41) is 4.18. The molecule has 0 atom stereocenters. The van der Waals surface area contributed by atoms with Crippen LogP contribution >= 0.6 is 11.6 Å². The SMILES string of the molecule is CN(C)CC(C)(C)CNC(=O)C(=O)c1c(COc2ccc(Cl)cc2)n(C)c2ccccc12. The van der Waals surface area contributed by atoms with Crippen molar-refractivity contribution in [3.8, 4) is 5.75 Å². The highest BCUT2D eigenvalue weighted by atomic mass is 35.5. The normalized spacial score (nSPS) is 11.7. The standard InChI is InChI=1S/C25H30ClN3O3/c1-25(2,16-28(3)4)15-27-24(31)23(30)22-19-8-6-7-9-20(19)29(5)21(22)14-32-18-12-10-17(26)11-13-18/h6-13H,14-16H2,1-5H3,(H,27,31). The van der Waals surface area contributed by atoms with Gasteiger partial charge in [0.2, 0.25) is 0 Å². The highest BCUT2D eigenvalue weighted by molar-refractivity contribution is 6.45. The van der Waals surface area contributed by atoms with Crippen LogP contribution in [0.3, 0.4) is 0 Å². The maximum absolute atomic E-state index is 13.3. The van der Waals surface area contributed by atoms with E-state index in [1.807, 2.05) is 50.0 Å². The van der Waals surface area contributed by atoms with Crippen molar-refractivity contribution in [2.75, 3.05) is 27.2 Å². The lowest BCUT2D eigenvalue weighted by Gasteiger charge is -2.28. The number of fused-ring (bicyclic) bond motifs is 1. The molecule has 3 aromatic rings. The zero-order chi connectivity index (χ0) is 23.5. The zero-order valence-electron chi connectivity index (χ0n) is 19.2. The largest absolute Gasteiger partial charge is 0.487 e. The van der Waals surface area contributed by atoms with Gasteiger partial charge in [-0.25, -0.2) is 0 Å². The number of ketones is 1. The molecule has 170 valence electrons. The molecule has 0 bridgehead atoms. The Morgan fingerprint density at radius 3 is 2.41 bits per heavy atom. The van der Waals surface area contributed by atoms with Gasteiger partial charge in [-0.15, -0.1) is 0 Å². The van der Waals surface area contributed by atoms with E-state index in [0.717, 1.165) is 17.4 Å². The number of carbonyl (C=O) groups is 2. The fourth-order valence-corrected chi connectivity index (χ4v) is 4.10. The molecule has 0 unspecified atom stereocenters. The van der Waals surface area contributed by atoms with Gasteiger partial charge in [-0.05, 0) is 49.8 Å². The molecular weight excluding hydrogens is 426 g/mol. The number of hydrogen-bond donors (Lipinski definition) is 1. The summed E-state index contributed by atoms with van der Waals surface area (Å²) in [5.41, 5.74) is 1.72. The van der Waals surface area contributed by atoms with Crippen LogP contribution in [0.1, 0.15) is 29.9 Å². The molecule has 0 spiro atoms. The van der Waals surface area contributed by atoms with E-state index in [0.29, 0.717) is 28.6 Å². The third-order valence-corrected chi connectivity index (χ3v) is 5.57. The molecule has 0 aliphatic carbocycles. The maximum Gasteiger partial charge on any atom is 0.292 e. The molecule has 1 amide bonds. The summed E-state index contributed by atoms with van der Waals surface area (Å²) in [6, 6.07) is 14.6. The molecule has 1 aromatic heterocycles. The third-order valence-electron chi connectivity index (χ3n) is 5.32. The Hall–Kier alpha value is -2.83. The molecule has 0 saturated heterocycles. The smallest absolute Gasteiger partial charge is 0.292 e. The second-order valence-corrected chi connectivity index (χ2v) is 9.49. The highest BCUT2D eigenvalue weighted by Crippen LogP contribution is 2.27. The summed E-state index contributed by atoms with van der Waals surface area (Å²) in [6.07, 6.45) is 0. The first-order valence-electron chi connectivity index (χ1n) is 10.5. The number of nitrogens with one attached hydrogen (secondary N) is 1. The van der Waals surface area contributed by atoms with Gasteiger partial charge in [0, 0.05) is 36.1 Å². The van der Waals surface area contributed by atoms with Crippen LogP contribution in [0.5, 0.6) is 5.75 Å². The van der Waals surface area contributed by atoms with E-state index in [-0.39, 0.29) is 12.0 Å². The lowest BCUT2D eigenvalue weighted by molar-refractivity contribution is -0.117. The Morgan fingerprint density at radius 2 is 1.75 bits per heavy atom. The van der Waals surface area contributed by atoms with Gasteiger partial charge in [0.15, 0.2) is 0 Å². The van der Waals surface area contributed by atoms with Crippen molar-refractivity contribution in [2.45, 2.75) is 20.5 Å². The number of aryl methyl sites for hydroxylation is 1. The number of benzene rings is 2.